The largest absolute Gasteiger partial charge is 0.326 e. The molecule has 0 aliphatic rings. The first kappa shape index (κ1) is 9.66. The van der Waals surface area contributed by atoms with E-state index in [4.69, 9.17) is 5.73 Å². The minimum absolute atomic E-state index is 0.0203. The van der Waals surface area contributed by atoms with Crippen LogP contribution in [0.3, 0.4) is 0 Å². The molecule has 13 heavy (non-hydrogen) atoms. The number of hydrogen-bond acceptors (Lipinski definition) is 4. The second kappa shape index (κ2) is 3.99. The first-order valence-electron chi connectivity index (χ1n) is 4.01. The first-order chi connectivity index (χ1) is 6.08. The van der Waals surface area contributed by atoms with Crippen molar-refractivity contribution in [3.63, 3.8) is 0 Å². The molecule has 1 rings (SSSR count). The zero-order valence-electron chi connectivity index (χ0n) is 7.69. The second-order valence-corrected chi connectivity index (χ2v) is 2.98. The fourth-order valence-electron chi connectivity index (χ4n) is 0.920. The van der Waals surface area contributed by atoms with E-state index in [1.54, 1.807) is 10.9 Å². The number of amides is 1. The third kappa shape index (κ3) is 3.20. The lowest BCUT2D eigenvalue weighted by Gasteiger charge is -2.02. The molecule has 0 saturated carbocycles. The average Bonchev–Trinajstić information content (AvgIpc) is 2.33. The lowest BCUT2D eigenvalue weighted by molar-refractivity contribution is -0.114. The van der Waals surface area contributed by atoms with Gasteiger partial charge in [0.2, 0.25) is 5.91 Å². The van der Waals surface area contributed by atoms with E-state index < -0.39 is 0 Å². The quantitative estimate of drug-likeness (QED) is 0.666. The van der Waals surface area contributed by atoms with Gasteiger partial charge in [-0.25, -0.2) is 4.68 Å². The summed E-state index contributed by atoms with van der Waals surface area (Å²) in [5.74, 6) is 0.293. The second-order valence-electron chi connectivity index (χ2n) is 2.98. The Morgan fingerprint density at radius 3 is 3.08 bits per heavy atom. The molecule has 72 valence electrons. The molecule has 1 unspecified atom stereocenters. The summed E-state index contributed by atoms with van der Waals surface area (Å²) < 4.78 is 1.59. The van der Waals surface area contributed by atoms with Crippen LogP contribution >= 0.6 is 0 Å². The number of anilines is 1. The van der Waals surface area contributed by atoms with Gasteiger partial charge in [-0.3, -0.25) is 4.79 Å². The van der Waals surface area contributed by atoms with E-state index in [1.807, 2.05) is 6.92 Å². The monoisotopic (exact) mass is 183 g/mol. The first-order valence-corrected chi connectivity index (χ1v) is 4.01. The van der Waals surface area contributed by atoms with Gasteiger partial charge in [0.05, 0.1) is 12.7 Å². The smallest absolute Gasteiger partial charge is 0.222 e. The van der Waals surface area contributed by atoms with Crippen LogP contribution in [-0.2, 0) is 11.3 Å². The highest BCUT2D eigenvalue weighted by Crippen LogP contribution is 1.99. The van der Waals surface area contributed by atoms with E-state index >= 15 is 0 Å². The topological polar surface area (TPSA) is 85.8 Å². The van der Waals surface area contributed by atoms with Crippen LogP contribution in [0, 0.1) is 0 Å². The summed E-state index contributed by atoms with van der Waals surface area (Å²) in [5, 5.41) is 10.0. The summed E-state index contributed by atoms with van der Waals surface area (Å²) in [6, 6.07) is 0.0203. The molecule has 0 aromatic carbocycles. The molecule has 0 fully saturated rings. The molecule has 1 amide bonds. The molecule has 0 aliphatic heterocycles. The maximum absolute atomic E-state index is 10.6. The Bertz CT molecular complexity index is 293. The summed E-state index contributed by atoms with van der Waals surface area (Å²) in [6.45, 7) is 3.89. The number of rotatable bonds is 3. The lowest BCUT2D eigenvalue weighted by atomic mass is 10.4. The normalized spacial score (nSPS) is 12.5. The van der Waals surface area contributed by atoms with E-state index in [1.165, 1.54) is 6.92 Å². The van der Waals surface area contributed by atoms with Gasteiger partial charge in [-0.2, -0.15) is 0 Å². The molecule has 1 aromatic rings. The van der Waals surface area contributed by atoms with Crippen LogP contribution in [0.5, 0.6) is 0 Å². The summed E-state index contributed by atoms with van der Waals surface area (Å²) in [7, 11) is 0. The van der Waals surface area contributed by atoms with Crippen LogP contribution < -0.4 is 11.1 Å². The molecule has 1 atom stereocenters. The standard InChI is InChI=1S/C7H13N5O/c1-5(8)3-12-4-7(10-11-12)9-6(2)13/h4-5H,3,8H2,1-2H3,(H,9,13). The molecule has 0 aliphatic carbocycles. The van der Waals surface area contributed by atoms with Crippen LogP contribution in [-0.4, -0.2) is 26.9 Å². The highest BCUT2D eigenvalue weighted by molar-refractivity contribution is 5.87. The van der Waals surface area contributed by atoms with Gasteiger partial charge in [0.25, 0.3) is 0 Å². The van der Waals surface area contributed by atoms with Crippen molar-refractivity contribution in [2.75, 3.05) is 5.32 Å². The number of nitrogens with two attached hydrogens (primary N) is 1. The van der Waals surface area contributed by atoms with E-state index in [2.05, 4.69) is 15.6 Å². The molecule has 3 N–H and O–H groups in total. The zero-order chi connectivity index (χ0) is 9.84. The molecular weight excluding hydrogens is 170 g/mol. The molecule has 1 aromatic heterocycles. The summed E-state index contributed by atoms with van der Waals surface area (Å²) in [5.41, 5.74) is 5.56. The molecule has 0 spiro atoms. The van der Waals surface area contributed by atoms with Gasteiger partial charge in [-0.05, 0) is 6.92 Å². The lowest BCUT2D eigenvalue weighted by Crippen LogP contribution is -2.22. The number of carbonyl (C=O) groups is 1. The minimum Gasteiger partial charge on any atom is -0.326 e. The molecular formula is C7H13N5O. The Balaban J connectivity index is 2.58. The van der Waals surface area contributed by atoms with Gasteiger partial charge in [0.15, 0.2) is 5.82 Å². The maximum Gasteiger partial charge on any atom is 0.222 e. The van der Waals surface area contributed by atoms with E-state index in [0.717, 1.165) is 0 Å². The van der Waals surface area contributed by atoms with Crippen molar-refractivity contribution in [2.24, 2.45) is 5.73 Å². The van der Waals surface area contributed by atoms with E-state index in [9.17, 15) is 4.79 Å². The van der Waals surface area contributed by atoms with Crippen molar-refractivity contribution in [1.29, 1.82) is 0 Å². The molecule has 6 heteroatoms. The van der Waals surface area contributed by atoms with Crippen LogP contribution in [0.15, 0.2) is 6.20 Å². The van der Waals surface area contributed by atoms with Crippen molar-refractivity contribution in [3.8, 4) is 0 Å². The van der Waals surface area contributed by atoms with E-state index in [-0.39, 0.29) is 11.9 Å². The Labute approximate surface area is 76.1 Å². The van der Waals surface area contributed by atoms with Gasteiger partial charge in [-0.15, -0.1) is 5.10 Å². The number of nitrogens with one attached hydrogen (secondary N) is 1. The average molecular weight is 183 g/mol. The van der Waals surface area contributed by atoms with Crippen molar-refractivity contribution in [2.45, 2.75) is 26.4 Å². The predicted molar refractivity (Wildman–Crippen MR) is 48.0 cm³/mol. The minimum atomic E-state index is -0.159. The SMILES string of the molecule is CC(=O)Nc1cn(CC(C)N)nn1. The van der Waals surface area contributed by atoms with Crippen LogP contribution in [0.2, 0.25) is 0 Å². The van der Waals surface area contributed by atoms with Gasteiger partial charge < -0.3 is 11.1 Å². The van der Waals surface area contributed by atoms with Crippen molar-refractivity contribution < 1.29 is 4.79 Å². The Morgan fingerprint density at radius 2 is 2.54 bits per heavy atom. The number of nitrogens with zero attached hydrogens (tertiary/aromatic N) is 3. The number of carbonyl (C=O) groups excluding carboxylic acids is 1. The molecule has 0 saturated heterocycles. The Hall–Kier alpha value is -1.43. The van der Waals surface area contributed by atoms with Crippen LogP contribution in [0.4, 0.5) is 5.82 Å². The van der Waals surface area contributed by atoms with Crippen molar-refractivity contribution >= 4 is 11.7 Å². The molecule has 6 nitrogen and oxygen atoms in total. The summed E-state index contributed by atoms with van der Waals surface area (Å²) in [4.78, 5) is 10.6. The Kier molecular flexibility index (Phi) is 2.97. The molecule has 0 radical (unpaired) electrons. The van der Waals surface area contributed by atoms with Crippen molar-refractivity contribution in [3.05, 3.63) is 6.20 Å². The fourth-order valence-corrected chi connectivity index (χ4v) is 0.920. The number of hydrogen-bond donors (Lipinski definition) is 2. The highest BCUT2D eigenvalue weighted by Gasteiger charge is 2.02. The maximum atomic E-state index is 10.6. The highest BCUT2D eigenvalue weighted by atomic mass is 16.1. The molecule has 1 heterocycles. The van der Waals surface area contributed by atoms with Gasteiger partial charge >= 0.3 is 0 Å². The van der Waals surface area contributed by atoms with Crippen LogP contribution in [0.1, 0.15) is 13.8 Å². The summed E-state index contributed by atoms with van der Waals surface area (Å²) >= 11 is 0. The Morgan fingerprint density at radius 1 is 1.85 bits per heavy atom. The fraction of sp³-hybridized carbons (Fsp3) is 0.571. The predicted octanol–water partition coefficient (Wildman–Crippen LogP) is -0.416. The third-order valence-corrected chi connectivity index (χ3v) is 1.32. The van der Waals surface area contributed by atoms with Gasteiger partial charge in [-0.1, -0.05) is 5.21 Å². The van der Waals surface area contributed by atoms with Gasteiger partial charge in [0, 0.05) is 13.0 Å². The van der Waals surface area contributed by atoms with Crippen molar-refractivity contribution in [1.82, 2.24) is 15.0 Å². The third-order valence-electron chi connectivity index (χ3n) is 1.32. The van der Waals surface area contributed by atoms with Gasteiger partial charge in [0.1, 0.15) is 0 Å². The number of aromatic nitrogens is 3. The van der Waals surface area contributed by atoms with Crippen LogP contribution in [0.25, 0.3) is 0 Å². The van der Waals surface area contributed by atoms with E-state index in [0.29, 0.717) is 12.4 Å². The zero-order valence-corrected chi connectivity index (χ0v) is 7.69. The summed E-state index contributed by atoms with van der Waals surface area (Å²) in [6.07, 6.45) is 1.64. The molecule has 0 bridgehead atoms.